The Labute approximate surface area is 159 Å². The number of carbonyl (C=O) groups is 4. The van der Waals surface area contributed by atoms with E-state index in [1.54, 1.807) is 0 Å². The highest BCUT2D eigenvalue weighted by Crippen LogP contribution is 2.21. The summed E-state index contributed by atoms with van der Waals surface area (Å²) in [6, 6.07) is -2.73. The molecule has 27 heavy (non-hydrogen) atoms. The van der Waals surface area contributed by atoms with Crippen LogP contribution in [0.15, 0.2) is 0 Å². The topological polar surface area (TPSA) is 128 Å². The second kappa shape index (κ2) is 9.16. The predicted octanol–water partition coefficient (Wildman–Crippen LogP) is -0.540. The van der Waals surface area contributed by atoms with Crippen molar-refractivity contribution in [2.45, 2.75) is 70.6 Å². The van der Waals surface area contributed by atoms with Gasteiger partial charge in [0.25, 0.3) is 0 Å². The van der Waals surface area contributed by atoms with Crippen LogP contribution >= 0.6 is 0 Å². The van der Waals surface area contributed by atoms with Gasteiger partial charge in [-0.2, -0.15) is 0 Å². The van der Waals surface area contributed by atoms with Crippen molar-refractivity contribution in [2.24, 2.45) is 5.92 Å². The van der Waals surface area contributed by atoms with E-state index in [1.165, 1.54) is 11.8 Å². The summed E-state index contributed by atoms with van der Waals surface area (Å²) >= 11 is 0. The van der Waals surface area contributed by atoms with Gasteiger partial charge >= 0.3 is 5.97 Å². The van der Waals surface area contributed by atoms with Gasteiger partial charge in [0.2, 0.25) is 17.7 Å². The molecule has 2 fully saturated rings. The van der Waals surface area contributed by atoms with Gasteiger partial charge in [-0.1, -0.05) is 13.8 Å². The fourth-order valence-corrected chi connectivity index (χ4v) is 3.53. The van der Waals surface area contributed by atoms with E-state index in [9.17, 15) is 19.2 Å². The molecule has 0 aliphatic carbocycles. The Morgan fingerprint density at radius 1 is 1.04 bits per heavy atom. The van der Waals surface area contributed by atoms with Crippen LogP contribution in [-0.4, -0.2) is 71.0 Å². The van der Waals surface area contributed by atoms with E-state index in [0.29, 0.717) is 19.4 Å². The minimum atomic E-state index is -1.13. The van der Waals surface area contributed by atoms with Gasteiger partial charge in [-0.25, -0.2) is 0 Å². The maximum atomic E-state index is 13.1. The van der Waals surface area contributed by atoms with E-state index in [-0.39, 0.29) is 23.8 Å². The SMILES string of the molecule is CC(C)[C@H](NC(=O)[C@@H]1CCCN1)C(=O)N1CCC[C@H]1C(=O)N[C@@H](C)C(=O)O. The lowest BCUT2D eigenvalue weighted by Gasteiger charge is -2.31. The van der Waals surface area contributed by atoms with Crippen LogP contribution in [0, 0.1) is 5.92 Å². The van der Waals surface area contributed by atoms with Crippen LogP contribution in [0.4, 0.5) is 0 Å². The molecule has 2 heterocycles. The summed E-state index contributed by atoms with van der Waals surface area (Å²) in [6.45, 7) is 6.28. The molecular formula is C18H30N4O5. The van der Waals surface area contributed by atoms with Gasteiger partial charge in [-0.15, -0.1) is 0 Å². The zero-order valence-electron chi connectivity index (χ0n) is 16.2. The van der Waals surface area contributed by atoms with Crippen LogP contribution in [0.1, 0.15) is 46.5 Å². The predicted molar refractivity (Wildman–Crippen MR) is 97.8 cm³/mol. The van der Waals surface area contributed by atoms with Crippen molar-refractivity contribution in [3.63, 3.8) is 0 Å². The molecule has 4 atom stereocenters. The zero-order valence-corrected chi connectivity index (χ0v) is 16.2. The molecule has 2 aliphatic rings. The third-order valence-electron chi connectivity index (χ3n) is 5.18. The first-order valence-corrected chi connectivity index (χ1v) is 9.59. The first kappa shape index (κ1) is 21.1. The van der Waals surface area contributed by atoms with Crippen molar-refractivity contribution in [1.29, 1.82) is 0 Å². The maximum Gasteiger partial charge on any atom is 0.325 e. The van der Waals surface area contributed by atoms with Crippen LogP contribution < -0.4 is 16.0 Å². The van der Waals surface area contributed by atoms with E-state index in [4.69, 9.17) is 5.11 Å². The van der Waals surface area contributed by atoms with Crippen LogP contribution in [0.3, 0.4) is 0 Å². The minimum absolute atomic E-state index is 0.134. The molecule has 2 saturated heterocycles. The van der Waals surface area contributed by atoms with E-state index < -0.39 is 30.0 Å². The van der Waals surface area contributed by atoms with Gasteiger partial charge in [0.15, 0.2) is 0 Å². The van der Waals surface area contributed by atoms with E-state index in [2.05, 4.69) is 16.0 Å². The van der Waals surface area contributed by atoms with Gasteiger partial charge < -0.3 is 26.0 Å². The Morgan fingerprint density at radius 2 is 1.74 bits per heavy atom. The fourth-order valence-electron chi connectivity index (χ4n) is 3.53. The molecule has 9 nitrogen and oxygen atoms in total. The molecule has 3 amide bonds. The summed E-state index contributed by atoms with van der Waals surface area (Å²) in [4.78, 5) is 50.4. The van der Waals surface area contributed by atoms with Gasteiger partial charge in [0.05, 0.1) is 6.04 Å². The number of nitrogens with zero attached hydrogens (tertiary/aromatic N) is 1. The number of rotatable bonds is 7. The number of hydrogen-bond donors (Lipinski definition) is 4. The van der Waals surface area contributed by atoms with Crippen LogP contribution in [0.5, 0.6) is 0 Å². The third kappa shape index (κ3) is 5.18. The molecule has 0 unspecified atom stereocenters. The molecule has 0 saturated carbocycles. The van der Waals surface area contributed by atoms with E-state index in [1.807, 2.05) is 13.8 Å². The number of carboxylic acids is 1. The molecule has 2 aliphatic heterocycles. The first-order chi connectivity index (χ1) is 12.7. The minimum Gasteiger partial charge on any atom is -0.480 e. The second-order valence-electron chi connectivity index (χ2n) is 7.64. The van der Waals surface area contributed by atoms with Crippen molar-refractivity contribution in [3.8, 4) is 0 Å². The molecular weight excluding hydrogens is 352 g/mol. The van der Waals surface area contributed by atoms with Crippen LogP contribution in [0.2, 0.25) is 0 Å². The number of amides is 3. The van der Waals surface area contributed by atoms with Crippen LogP contribution in [0.25, 0.3) is 0 Å². The van der Waals surface area contributed by atoms with Crippen molar-refractivity contribution >= 4 is 23.7 Å². The summed E-state index contributed by atoms with van der Waals surface area (Å²) < 4.78 is 0. The summed E-state index contributed by atoms with van der Waals surface area (Å²) in [6.07, 6.45) is 2.81. The molecule has 9 heteroatoms. The van der Waals surface area contributed by atoms with Gasteiger partial charge in [-0.3, -0.25) is 19.2 Å². The number of carboxylic acid groups (broad SMARTS) is 1. The highest BCUT2D eigenvalue weighted by Gasteiger charge is 2.39. The highest BCUT2D eigenvalue weighted by molar-refractivity contribution is 5.94. The second-order valence-corrected chi connectivity index (χ2v) is 7.64. The largest absolute Gasteiger partial charge is 0.480 e. The molecule has 0 bridgehead atoms. The van der Waals surface area contributed by atoms with Gasteiger partial charge in [0.1, 0.15) is 18.1 Å². The van der Waals surface area contributed by atoms with Crippen molar-refractivity contribution < 1.29 is 24.3 Å². The van der Waals surface area contributed by atoms with Crippen molar-refractivity contribution in [2.75, 3.05) is 13.1 Å². The zero-order chi connectivity index (χ0) is 20.1. The number of likely N-dealkylation sites (tertiary alicyclic amines) is 1. The summed E-state index contributed by atoms with van der Waals surface area (Å²) in [7, 11) is 0. The molecule has 0 aromatic heterocycles. The smallest absolute Gasteiger partial charge is 0.325 e. The lowest BCUT2D eigenvalue weighted by Crippen LogP contribution is -2.57. The van der Waals surface area contributed by atoms with E-state index >= 15 is 0 Å². The molecule has 2 rings (SSSR count). The average molecular weight is 382 g/mol. The highest BCUT2D eigenvalue weighted by atomic mass is 16.4. The number of nitrogens with one attached hydrogen (secondary N) is 3. The molecule has 0 aromatic rings. The van der Waals surface area contributed by atoms with Crippen LogP contribution in [-0.2, 0) is 19.2 Å². The Hall–Kier alpha value is -2.16. The van der Waals surface area contributed by atoms with E-state index in [0.717, 1.165) is 19.4 Å². The molecule has 0 spiro atoms. The first-order valence-electron chi connectivity index (χ1n) is 9.59. The average Bonchev–Trinajstić information content (AvgIpc) is 3.29. The molecule has 152 valence electrons. The summed E-state index contributed by atoms with van der Waals surface area (Å²) in [5, 5.41) is 17.3. The molecule has 0 radical (unpaired) electrons. The quantitative estimate of drug-likeness (QED) is 0.468. The van der Waals surface area contributed by atoms with Gasteiger partial charge in [-0.05, 0) is 45.1 Å². The van der Waals surface area contributed by atoms with Gasteiger partial charge in [0, 0.05) is 6.54 Å². The van der Waals surface area contributed by atoms with Crippen molar-refractivity contribution in [1.82, 2.24) is 20.9 Å². The number of hydrogen-bond acceptors (Lipinski definition) is 5. The fraction of sp³-hybridized carbons (Fsp3) is 0.778. The Kier molecular flexibility index (Phi) is 7.18. The van der Waals surface area contributed by atoms with Crippen molar-refractivity contribution in [3.05, 3.63) is 0 Å². The lowest BCUT2D eigenvalue weighted by molar-refractivity contribution is -0.145. The monoisotopic (exact) mass is 382 g/mol. The third-order valence-corrected chi connectivity index (χ3v) is 5.18. The standard InChI is InChI=1S/C18H30N4O5/c1-10(2)14(21-15(23)12-6-4-8-19-12)17(25)22-9-5-7-13(22)16(24)20-11(3)18(26)27/h10-14,19H,4-9H2,1-3H3,(H,20,24)(H,21,23)(H,26,27)/t11-,12-,13-,14-/m0/s1. The summed E-state index contributed by atoms with van der Waals surface area (Å²) in [5.74, 6) is -2.22. The molecule has 0 aromatic carbocycles. The lowest BCUT2D eigenvalue weighted by atomic mass is 10.0. The number of carbonyl (C=O) groups excluding carboxylic acids is 3. The molecule has 4 N–H and O–H groups in total. The maximum absolute atomic E-state index is 13.1. The Morgan fingerprint density at radius 3 is 2.30 bits per heavy atom. The Balaban J connectivity index is 2.05. The number of aliphatic carboxylic acids is 1. The Bertz CT molecular complexity index is 588. The normalized spacial score (nSPS) is 24.5. The summed E-state index contributed by atoms with van der Waals surface area (Å²) in [5.41, 5.74) is 0.